The molecule has 1 heterocycles. The molecule has 1 atom stereocenters. The molecule has 2 aromatic carbocycles. The van der Waals surface area contributed by atoms with Crippen LogP contribution in [0.25, 0.3) is 0 Å². The van der Waals surface area contributed by atoms with Crippen molar-refractivity contribution in [3.8, 4) is 0 Å². The Bertz CT molecular complexity index is 887. The third-order valence-electron chi connectivity index (χ3n) is 6.11. The van der Waals surface area contributed by atoms with Gasteiger partial charge in [0.2, 0.25) is 5.91 Å². The summed E-state index contributed by atoms with van der Waals surface area (Å²) in [6.45, 7) is 3.22. The lowest BCUT2D eigenvalue weighted by atomic mass is 9.87. The van der Waals surface area contributed by atoms with E-state index in [9.17, 15) is 9.59 Å². The van der Waals surface area contributed by atoms with Gasteiger partial charge in [-0.15, -0.1) is 0 Å². The molecule has 1 fully saturated rings. The van der Waals surface area contributed by atoms with Crippen molar-refractivity contribution in [1.29, 1.82) is 0 Å². The Kier molecular flexibility index (Phi) is 5.84. The van der Waals surface area contributed by atoms with Crippen molar-refractivity contribution < 1.29 is 9.59 Å². The molecule has 1 aliphatic heterocycles. The van der Waals surface area contributed by atoms with Crippen LogP contribution in [-0.2, 0) is 11.2 Å². The molecule has 5 nitrogen and oxygen atoms in total. The Labute approximate surface area is 172 Å². The number of hydrogen-bond acceptors (Lipinski definition) is 2. The van der Waals surface area contributed by atoms with E-state index in [0.717, 1.165) is 30.5 Å². The lowest BCUT2D eigenvalue weighted by Crippen LogP contribution is -2.45. The van der Waals surface area contributed by atoms with Crippen molar-refractivity contribution in [2.24, 2.45) is 5.92 Å². The number of amides is 3. The van der Waals surface area contributed by atoms with Gasteiger partial charge >= 0.3 is 6.03 Å². The number of aryl methyl sites for hydroxylation is 2. The monoisotopic (exact) mass is 391 g/mol. The van der Waals surface area contributed by atoms with Gasteiger partial charge in [-0.2, -0.15) is 0 Å². The van der Waals surface area contributed by atoms with Crippen molar-refractivity contribution in [2.45, 2.75) is 45.1 Å². The minimum atomic E-state index is -0.0873. The number of likely N-dealkylation sites (tertiary alicyclic amines) is 1. The van der Waals surface area contributed by atoms with Gasteiger partial charge in [0, 0.05) is 24.7 Å². The average Bonchev–Trinajstić information content (AvgIpc) is 2.74. The van der Waals surface area contributed by atoms with Crippen LogP contribution < -0.4 is 10.6 Å². The van der Waals surface area contributed by atoms with E-state index in [0.29, 0.717) is 25.9 Å². The second-order valence-corrected chi connectivity index (χ2v) is 8.21. The maximum atomic E-state index is 12.9. The molecular formula is C24H29N3O2. The van der Waals surface area contributed by atoms with Gasteiger partial charge in [0.25, 0.3) is 0 Å². The van der Waals surface area contributed by atoms with Gasteiger partial charge in [-0.25, -0.2) is 4.79 Å². The van der Waals surface area contributed by atoms with Crippen LogP contribution in [0.1, 0.15) is 48.4 Å². The van der Waals surface area contributed by atoms with Gasteiger partial charge in [-0.3, -0.25) is 4.79 Å². The minimum absolute atomic E-state index is 0.0212. The number of rotatable bonds is 3. The summed E-state index contributed by atoms with van der Waals surface area (Å²) in [4.78, 5) is 27.2. The summed E-state index contributed by atoms with van der Waals surface area (Å²) in [6, 6.07) is 16.2. The van der Waals surface area contributed by atoms with Crippen molar-refractivity contribution in [2.75, 3.05) is 18.4 Å². The maximum Gasteiger partial charge on any atom is 0.321 e. The molecule has 2 aromatic rings. The molecule has 0 spiro atoms. The molecule has 1 aliphatic carbocycles. The molecule has 152 valence electrons. The molecule has 0 bridgehead atoms. The number of fused-ring (bicyclic) bond motifs is 1. The number of carbonyl (C=O) groups excluding carboxylic acids is 2. The SMILES string of the molecule is Cc1cccc(NC(=O)N2CCC(C(=O)NC3CCCc4ccccc43)CC2)c1. The summed E-state index contributed by atoms with van der Waals surface area (Å²) in [7, 11) is 0. The predicted molar refractivity (Wildman–Crippen MR) is 115 cm³/mol. The Morgan fingerprint density at radius 2 is 1.79 bits per heavy atom. The van der Waals surface area contributed by atoms with E-state index in [1.807, 2.05) is 36.1 Å². The van der Waals surface area contributed by atoms with Gasteiger partial charge in [-0.1, -0.05) is 36.4 Å². The molecule has 5 heteroatoms. The zero-order valence-corrected chi connectivity index (χ0v) is 17.0. The molecular weight excluding hydrogens is 362 g/mol. The number of urea groups is 1. The molecule has 0 radical (unpaired) electrons. The fourth-order valence-electron chi connectivity index (χ4n) is 4.46. The first-order chi connectivity index (χ1) is 14.1. The van der Waals surface area contributed by atoms with E-state index in [1.54, 1.807) is 0 Å². The fraction of sp³-hybridized carbons (Fsp3) is 0.417. The van der Waals surface area contributed by atoms with Crippen LogP contribution in [0.15, 0.2) is 48.5 Å². The highest BCUT2D eigenvalue weighted by Crippen LogP contribution is 2.30. The van der Waals surface area contributed by atoms with E-state index < -0.39 is 0 Å². The average molecular weight is 392 g/mol. The second kappa shape index (κ2) is 8.68. The standard InChI is InChI=1S/C24H29N3O2/c1-17-6-4-9-20(16-17)25-24(29)27-14-12-19(13-15-27)23(28)26-22-11-5-8-18-7-2-3-10-21(18)22/h2-4,6-7,9-10,16,19,22H,5,8,11-15H2,1H3,(H,25,29)(H,26,28). The normalized spacial score (nSPS) is 19.3. The van der Waals surface area contributed by atoms with E-state index in [2.05, 4.69) is 34.9 Å². The smallest absolute Gasteiger partial charge is 0.321 e. The second-order valence-electron chi connectivity index (χ2n) is 8.21. The van der Waals surface area contributed by atoms with E-state index in [4.69, 9.17) is 0 Å². The van der Waals surface area contributed by atoms with Crippen LogP contribution in [0.4, 0.5) is 10.5 Å². The van der Waals surface area contributed by atoms with Crippen LogP contribution in [0.2, 0.25) is 0 Å². The van der Waals surface area contributed by atoms with E-state index in [1.165, 1.54) is 11.1 Å². The molecule has 2 N–H and O–H groups in total. The van der Waals surface area contributed by atoms with Gasteiger partial charge in [0.1, 0.15) is 0 Å². The number of nitrogens with zero attached hydrogens (tertiary/aromatic N) is 1. The maximum absolute atomic E-state index is 12.9. The van der Waals surface area contributed by atoms with E-state index in [-0.39, 0.29) is 23.9 Å². The molecule has 1 unspecified atom stereocenters. The van der Waals surface area contributed by atoms with Crippen molar-refractivity contribution >= 4 is 17.6 Å². The Balaban J connectivity index is 1.29. The van der Waals surface area contributed by atoms with Crippen LogP contribution in [0, 0.1) is 12.8 Å². The molecule has 2 aliphatic rings. The van der Waals surface area contributed by atoms with Gasteiger partial charge in [-0.05, 0) is 67.9 Å². The summed E-state index contributed by atoms with van der Waals surface area (Å²) < 4.78 is 0. The quantitative estimate of drug-likeness (QED) is 0.813. The first kappa shape index (κ1) is 19.5. The number of piperidine rings is 1. The Morgan fingerprint density at radius 1 is 1.00 bits per heavy atom. The van der Waals surface area contributed by atoms with Gasteiger partial charge in [0.15, 0.2) is 0 Å². The summed E-state index contributed by atoms with van der Waals surface area (Å²) in [5, 5.41) is 6.24. The summed E-state index contributed by atoms with van der Waals surface area (Å²) in [6.07, 6.45) is 4.62. The topological polar surface area (TPSA) is 61.4 Å². The molecule has 29 heavy (non-hydrogen) atoms. The minimum Gasteiger partial charge on any atom is -0.349 e. The van der Waals surface area contributed by atoms with Crippen LogP contribution >= 0.6 is 0 Å². The number of carbonyl (C=O) groups is 2. The summed E-state index contributed by atoms with van der Waals surface area (Å²) >= 11 is 0. The van der Waals surface area contributed by atoms with Crippen molar-refractivity contribution in [1.82, 2.24) is 10.2 Å². The third kappa shape index (κ3) is 4.61. The van der Waals surface area contributed by atoms with E-state index >= 15 is 0 Å². The highest BCUT2D eigenvalue weighted by atomic mass is 16.2. The molecule has 1 saturated heterocycles. The largest absolute Gasteiger partial charge is 0.349 e. The Hall–Kier alpha value is -2.82. The first-order valence-electron chi connectivity index (χ1n) is 10.6. The number of nitrogens with one attached hydrogen (secondary N) is 2. The zero-order chi connectivity index (χ0) is 20.2. The van der Waals surface area contributed by atoms with Crippen molar-refractivity contribution in [3.05, 3.63) is 65.2 Å². The highest BCUT2D eigenvalue weighted by molar-refractivity contribution is 5.89. The predicted octanol–water partition coefficient (Wildman–Crippen LogP) is 4.43. The number of hydrogen-bond donors (Lipinski definition) is 2. The molecule has 3 amide bonds. The third-order valence-corrected chi connectivity index (χ3v) is 6.11. The highest BCUT2D eigenvalue weighted by Gasteiger charge is 2.30. The Morgan fingerprint density at radius 3 is 2.59 bits per heavy atom. The van der Waals surface area contributed by atoms with Crippen LogP contribution in [0.5, 0.6) is 0 Å². The fourth-order valence-corrected chi connectivity index (χ4v) is 4.46. The lowest BCUT2D eigenvalue weighted by molar-refractivity contribution is -0.127. The van der Waals surface area contributed by atoms with Gasteiger partial charge < -0.3 is 15.5 Å². The summed E-state index contributed by atoms with van der Waals surface area (Å²) in [5.41, 5.74) is 4.54. The van der Waals surface area contributed by atoms with Gasteiger partial charge in [0.05, 0.1) is 6.04 Å². The van der Waals surface area contributed by atoms with Crippen molar-refractivity contribution in [3.63, 3.8) is 0 Å². The van der Waals surface area contributed by atoms with Crippen LogP contribution in [-0.4, -0.2) is 29.9 Å². The van der Waals surface area contributed by atoms with Crippen LogP contribution in [0.3, 0.4) is 0 Å². The molecule has 4 rings (SSSR count). The lowest BCUT2D eigenvalue weighted by Gasteiger charge is -2.33. The zero-order valence-electron chi connectivity index (χ0n) is 17.0. The number of benzene rings is 2. The molecule has 0 saturated carbocycles. The first-order valence-corrected chi connectivity index (χ1v) is 10.6. The number of anilines is 1. The molecule has 0 aromatic heterocycles. The summed E-state index contributed by atoms with van der Waals surface area (Å²) in [5.74, 6) is 0.109.